The van der Waals surface area contributed by atoms with Gasteiger partial charge in [-0.3, -0.25) is 0 Å². The molecule has 1 aromatic rings. The van der Waals surface area contributed by atoms with Crippen molar-refractivity contribution in [1.29, 1.82) is 0 Å². The van der Waals surface area contributed by atoms with Crippen molar-refractivity contribution in [2.75, 3.05) is 6.61 Å². The van der Waals surface area contributed by atoms with Gasteiger partial charge in [0.05, 0.1) is 6.10 Å². The minimum atomic E-state index is -0.212. The molecule has 2 nitrogen and oxygen atoms in total. The van der Waals surface area contributed by atoms with Gasteiger partial charge in [0.2, 0.25) is 0 Å². The molecule has 2 rings (SSSR count). The van der Waals surface area contributed by atoms with Gasteiger partial charge in [-0.15, -0.1) is 0 Å². The fraction of sp³-hybridized carbons (Fsp3) is 0.571. The SMILES string of the molecule is NC(CCC1CCCCO1)c1ccc(F)cc1. The molecule has 0 aliphatic carbocycles. The van der Waals surface area contributed by atoms with Gasteiger partial charge in [-0.2, -0.15) is 0 Å². The van der Waals surface area contributed by atoms with E-state index in [4.69, 9.17) is 10.5 Å². The highest BCUT2D eigenvalue weighted by Crippen LogP contribution is 2.22. The molecule has 0 bridgehead atoms. The van der Waals surface area contributed by atoms with Gasteiger partial charge in [0.15, 0.2) is 0 Å². The fourth-order valence-corrected chi connectivity index (χ4v) is 2.28. The molecule has 1 saturated heterocycles. The first-order valence-corrected chi connectivity index (χ1v) is 6.38. The molecule has 3 heteroatoms. The topological polar surface area (TPSA) is 35.2 Å². The van der Waals surface area contributed by atoms with Crippen LogP contribution in [0, 0.1) is 5.82 Å². The molecule has 2 N–H and O–H groups in total. The summed E-state index contributed by atoms with van der Waals surface area (Å²) in [6, 6.07) is 6.45. The molecule has 94 valence electrons. The number of hydrogen-bond donors (Lipinski definition) is 1. The van der Waals surface area contributed by atoms with Crippen LogP contribution in [0.3, 0.4) is 0 Å². The normalized spacial score (nSPS) is 22.4. The van der Waals surface area contributed by atoms with Crippen LogP contribution in [0.1, 0.15) is 43.7 Å². The molecule has 1 fully saturated rings. The Labute approximate surface area is 102 Å². The van der Waals surface area contributed by atoms with Crippen molar-refractivity contribution in [1.82, 2.24) is 0 Å². The Morgan fingerprint density at radius 3 is 2.71 bits per heavy atom. The number of rotatable bonds is 4. The monoisotopic (exact) mass is 237 g/mol. The van der Waals surface area contributed by atoms with E-state index in [-0.39, 0.29) is 11.9 Å². The lowest BCUT2D eigenvalue weighted by Crippen LogP contribution is -2.21. The second kappa shape index (κ2) is 6.12. The van der Waals surface area contributed by atoms with E-state index in [0.29, 0.717) is 6.10 Å². The van der Waals surface area contributed by atoms with Crippen molar-refractivity contribution >= 4 is 0 Å². The molecule has 1 aliphatic heterocycles. The molecule has 1 aromatic carbocycles. The second-order valence-corrected chi connectivity index (χ2v) is 4.72. The number of ether oxygens (including phenoxy) is 1. The van der Waals surface area contributed by atoms with E-state index in [1.807, 2.05) is 0 Å². The molecular weight excluding hydrogens is 217 g/mol. The summed E-state index contributed by atoms with van der Waals surface area (Å²) in [6.45, 7) is 0.885. The zero-order valence-corrected chi connectivity index (χ0v) is 10.1. The Balaban J connectivity index is 1.80. The molecule has 0 amide bonds. The van der Waals surface area contributed by atoms with E-state index >= 15 is 0 Å². The standard InChI is InChI=1S/C14H20FNO/c15-12-6-4-11(5-7-12)14(16)9-8-13-3-1-2-10-17-13/h4-7,13-14H,1-3,8-10,16H2. The Bertz CT molecular complexity index is 333. The molecule has 1 aliphatic rings. The highest BCUT2D eigenvalue weighted by Gasteiger charge is 2.15. The van der Waals surface area contributed by atoms with E-state index in [2.05, 4.69) is 0 Å². The summed E-state index contributed by atoms with van der Waals surface area (Å²) in [5.74, 6) is -0.212. The van der Waals surface area contributed by atoms with Gasteiger partial charge in [-0.1, -0.05) is 12.1 Å². The number of hydrogen-bond acceptors (Lipinski definition) is 2. The zero-order chi connectivity index (χ0) is 12.1. The van der Waals surface area contributed by atoms with Gasteiger partial charge in [-0.05, 0) is 49.8 Å². The van der Waals surface area contributed by atoms with Crippen molar-refractivity contribution in [3.63, 3.8) is 0 Å². The van der Waals surface area contributed by atoms with E-state index in [9.17, 15) is 4.39 Å². The van der Waals surface area contributed by atoms with E-state index in [0.717, 1.165) is 31.4 Å². The van der Waals surface area contributed by atoms with Crippen LogP contribution in [0.2, 0.25) is 0 Å². The maximum atomic E-state index is 12.8. The highest BCUT2D eigenvalue weighted by atomic mass is 19.1. The number of nitrogens with two attached hydrogens (primary N) is 1. The summed E-state index contributed by atoms with van der Waals surface area (Å²) >= 11 is 0. The lowest BCUT2D eigenvalue weighted by Gasteiger charge is -2.23. The Kier molecular flexibility index (Phi) is 4.51. The molecule has 0 aromatic heterocycles. The Morgan fingerprint density at radius 2 is 2.06 bits per heavy atom. The minimum Gasteiger partial charge on any atom is -0.378 e. The maximum absolute atomic E-state index is 12.8. The van der Waals surface area contributed by atoms with Gasteiger partial charge in [0, 0.05) is 12.6 Å². The van der Waals surface area contributed by atoms with Crippen molar-refractivity contribution in [2.45, 2.75) is 44.2 Å². The average Bonchev–Trinajstić information content (AvgIpc) is 2.38. The molecule has 17 heavy (non-hydrogen) atoms. The first-order valence-electron chi connectivity index (χ1n) is 6.38. The van der Waals surface area contributed by atoms with Crippen molar-refractivity contribution in [2.24, 2.45) is 5.73 Å². The third kappa shape index (κ3) is 3.79. The summed E-state index contributed by atoms with van der Waals surface area (Å²) < 4.78 is 18.4. The molecule has 0 saturated carbocycles. The summed E-state index contributed by atoms with van der Waals surface area (Å²) in [6.07, 6.45) is 5.86. The molecule has 2 unspecified atom stereocenters. The third-order valence-electron chi connectivity index (χ3n) is 3.37. The van der Waals surface area contributed by atoms with Crippen molar-refractivity contribution < 1.29 is 9.13 Å². The average molecular weight is 237 g/mol. The van der Waals surface area contributed by atoms with Gasteiger partial charge < -0.3 is 10.5 Å². The smallest absolute Gasteiger partial charge is 0.123 e. The molecule has 0 radical (unpaired) electrons. The molecule has 2 atom stereocenters. The maximum Gasteiger partial charge on any atom is 0.123 e. The number of halogens is 1. The van der Waals surface area contributed by atoms with Crippen LogP contribution in [0.4, 0.5) is 4.39 Å². The largest absolute Gasteiger partial charge is 0.378 e. The molecule has 1 heterocycles. The predicted octanol–water partition coefficient (Wildman–Crippen LogP) is 3.17. The van der Waals surface area contributed by atoms with Crippen molar-refractivity contribution in [3.8, 4) is 0 Å². The van der Waals surface area contributed by atoms with Gasteiger partial charge in [0.25, 0.3) is 0 Å². The summed E-state index contributed by atoms with van der Waals surface area (Å²) in [5, 5.41) is 0. The lowest BCUT2D eigenvalue weighted by molar-refractivity contribution is 0.00912. The number of benzene rings is 1. The summed E-state index contributed by atoms with van der Waals surface area (Å²) in [7, 11) is 0. The van der Waals surface area contributed by atoms with Crippen molar-refractivity contribution in [3.05, 3.63) is 35.6 Å². The molecular formula is C14H20FNO. The fourth-order valence-electron chi connectivity index (χ4n) is 2.28. The minimum absolute atomic E-state index is 0.0128. The zero-order valence-electron chi connectivity index (χ0n) is 10.1. The van der Waals surface area contributed by atoms with Crippen LogP contribution in [0.5, 0.6) is 0 Å². The van der Waals surface area contributed by atoms with Crippen LogP contribution in [0.25, 0.3) is 0 Å². The van der Waals surface area contributed by atoms with Gasteiger partial charge >= 0.3 is 0 Å². The third-order valence-corrected chi connectivity index (χ3v) is 3.37. The van der Waals surface area contributed by atoms with Gasteiger partial charge in [0.1, 0.15) is 5.82 Å². The van der Waals surface area contributed by atoms with E-state index in [1.165, 1.54) is 25.0 Å². The summed E-state index contributed by atoms with van der Waals surface area (Å²) in [5.41, 5.74) is 7.09. The first kappa shape index (κ1) is 12.5. The van der Waals surface area contributed by atoms with E-state index in [1.54, 1.807) is 12.1 Å². The lowest BCUT2D eigenvalue weighted by atomic mass is 9.98. The molecule has 0 spiro atoms. The predicted molar refractivity (Wildman–Crippen MR) is 66.2 cm³/mol. The van der Waals surface area contributed by atoms with Crippen LogP contribution in [-0.4, -0.2) is 12.7 Å². The first-order chi connectivity index (χ1) is 8.25. The Morgan fingerprint density at radius 1 is 1.29 bits per heavy atom. The van der Waals surface area contributed by atoms with Crippen LogP contribution in [0.15, 0.2) is 24.3 Å². The Hall–Kier alpha value is -0.930. The van der Waals surface area contributed by atoms with Crippen LogP contribution in [-0.2, 0) is 4.74 Å². The summed E-state index contributed by atoms with van der Waals surface area (Å²) in [4.78, 5) is 0. The van der Waals surface area contributed by atoms with E-state index < -0.39 is 0 Å². The van der Waals surface area contributed by atoms with Gasteiger partial charge in [-0.25, -0.2) is 4.39 Å². The van der Waals surface area contributed by atoms with Crippen LogP contribution < -0.4 is 5.73 Å². The quantitative estimate of drug-likeness (QED) is 0.873. The second-order valence-electron chi connectivity index (χ2n) is 4.72. The van der Waals surface area contributed by atoms with Crippen LogP contribution >= 0.6 is 0 Å². The highest BCUT2D eigenvalue weighted by molar-refractivity contribution is 5.19.